The number of aliphatic hydroxyl groups excluding tert-OH is 1. The molecule has 1 rings (SSSR count). The van der Waals surface area contributed by atoms with E-state index in [1.807, 2.05) is 6.07 Å². The maximum Gasteiger partial charge on any atom is 0.247 e. The molecule has 6 heteroatoms. The third-order valence-corrected chi connectivity index (χ3v) is 2.17. The molecule has 0 heterocycles. The van der Waals surface area contributed by atoms with Gasteiger partial charge in [-0.05, 0) is 23.8 Å². The van der Waals surface area contributed by atoms with E-state index in [0.29, 0.717) is 11.1 Å². The van der Waals surface area contributed by atoms with E-state index in [1.54, 1.807) is 0 Å². The number of amides is 1. The van der Waals surface area contributed by atoms with E-state index in [4.69, 9.17) is 16.1 Å². The molecule has 1 aromatic carbocycles. The lowest BCUT2D eigenvalue weighted by Gasteiger charge is -2.09. The first kappa shape index (κ1) is 13.1. The molecule has 0 aliphatic carbocycles. The van der Waals surface area contributed by atoms with Gasteiger partial charge in [0.25, 0.3) is 0 Å². The Morgan fingerprint density at radius 2 is 2.35 bits per heavy atom. The van der Waals surface area contributed by atoms with Gasteiger partial charge in [-0.25, -0.2) is 4.39 Å². The summed E-state index contributed by atoms with van der Waals surface area (Å²) < 4.78 is 12.9. The molecule has 0 aromatic heterocycles. The fraction of sp³-hybridized carbons (Fsp3) is 0.273. The van der Waals surface area contributed by atoms with Gasteiger partial charge < -0.3 is 16.2 Å². The summed E-state index contributed by atoms with van der Waals surface area (Å²) in [6.07, 6.45) is -1.30. The van der Waals surface area contributed by atoms with Crippen LogP contribution in [0.1, 0.15) is 11.1 Å². The number of halogens is 1. The Morgan fingerprint density at radius 3 is 2.94 bits per heavy atom. The van der Waals surface area contributed by atoms with Gasteiger partial charge in [-0.15, -0.1) is 0 Å². The van der Waals surface area contributed by atoms with Gasteiger partial charge in [0.2, 0.25) is 5.91 Å². The Morgan fingerprint density at radius 1 is 1.65 bits per heavy atom. The number of carbonyl (C=O) groups is 1. The van der Waals surface area contributed by atoms with E-state index >= 15 is 0 Å². The van der Waals surface area contributed by atoms with Crippen molar-refractivity contribution in [1.82, 2.24) is 5.32 Å². The molecule has 1 aromatic rings. The molecule has 0 spiro atoms. The van der Waals surface area contributed by atoms with Crippen LogP contribution in [0.15, 0.2) is 18.2 Å². The maximum atomic E-state index is 12.9. The van der Waals surface area contributed by atoms with Crippen molar-refractivity contribution in [3.63, 3.8) is 0 Å². The maximum absolute atomic E-state index is 12.9. The molecule has 4 N–H and O–H groups in total. The Balaban J connectivity index is 2.60. The molecule has 0 saturated heterocycles. The molecule has 90 valence electrons. The Labute approximate surface area is 97.7 Å². The first-order chi connectivity index (χ1) is 8.04. The summed E-state index contributed by atoms with van der Waals surface area (Å²) in [6, 6.07) is 5.71. The van der Waals surface area contributed by atoms with Crippen LogP contribution in [0.2, 0.25) is 0 Å². The predicted octanol–water partition coefficient (Wildman–Crippen LogP) is -0.367. The second-order valence-corrected chi connectivity index (χ2v) is 3.46. The molecular formula is C11H12FN3O2. The van der Waals surface area contributed by atoms with E-state index in [9.17, 15) is 9.18 Å². The summed E-state index contributed by atoms with van der Waals surface area (Å²) >= 11 is 0. The molecule has 0 bridgehead atoms. The summed E-state index contributed by atoms with van der Waals surface area (Å²) in [6.45, 7) is 0.127. The van der Waals surface area contributed by atoms with E-state index < -0.39 is 17.8 Å². The summed E-state index contributed by atoms with van der Waals surface area (Å²) in [5, 5.41) is 20.6. The average Bonchev–Trinajstić information content (AvgIpc) is 2.29. The van der Waals surface area contributed by atoms with Crippen molar-refractivity contribution in [1.29, 1.82) is 5.26 Å². The van der Waals surface area contributed by atoms with Crippen LogP contribution in [-0.2, 0) is 11.3 Å². The van der Waals surface area contributed by atoms with Crippen LogP contribution >= 0.6 is 0 Å². The zero-order chi connectivity index (χ0) is 12.8. The van der Waals surface area contributed by atoms with Gasteiger partial charge in [-0.1, -0.05) is 0 Å². The summed E-state index contributed by atoms with van der Waals surface area (Å²) in [7, 11) is 0. The van der Waals surface area contributed by atoms with Crippen LogP contribution < -0.4 is 11.1 Å². The molecule has 5 nitrogen and oxygen atoms in total. The standard InChI is InChI=1S/C11H12FN3O2/c12-9-2-1-7(4-13)8(3-9)5-15-6-10(16)11(14)17/h1-3,10,15-16H,5-6H2,(H2,14,17). The van der Waals surface area contributed by atoms with Crippen LogP contribution in [-0.4, -0.2) is 23.7 Å². The van der Waals surface area contributed by atoms with E-state index in [-0.39, 0.29) is 13.1 Å². The van der Waals surface area contributed by atoms with Crippen molar-refractivity contribution in [3.8, 4) is 6.07 Å². The third kappa shape index (κ3) is 3.83. The first-order valence-electron chi connectivity index (χ1n) is 4.91. The van der Waals surface area contributed by atoms with Crippen molar-refractivity contribution in [2.45, 2.75) is 12.6 Å². The molecule has 0 aliphatic heterocycles. The number of rotatable bonds is 5. The van der Waals surface area contributed by atoms with E-state index in [1.165, 1.54) is 18.2 Å². The number of nitrogens with two attached hydrogens (primary N) is 1. The number of nitrogens with zero attached hydrogens (tertiary/aromatic N) is 1. The number of benzene rings is 1. The Hall–Kier alpha value is -1.97. The van der Waals surface area contributed by atoms with Gasteiger partial charge >= 0.3 is 0 Å². The largest absolute Gasteiger partial charge is 0.382 e. The lowest BCUT2D eigenvalue weighted by Crippen LogP contribution is -2.37. The summed E-state index contributed by atoms with van der Waals surface area (Å²) in [5.74, 6) is -1.28. The van der Waals surface area contributed by atoms with Crippen molar-refractivity contribution in [2.24, 2.45) is 5.73 Å². The third-order valence-electron chi connectivity index (χ3n) is 2.17. The van der Waals surface area contributed by atoms with Gasteiger partial charge in [0.15, 0.2) is 0 Å². The number of nitrogens with one attached hydrogen (secondary N) is 1. The number of carbonyl (C=O) groups excluding carboxylic acids is 1. The van der Waals surface area contributed by atoms with Crippen LogP contribution in [0.3, 0.4) is 0 Å². The Bertz CT molecular complexity index is 457. The molecule has 0 radical (unpaired) electrons. The quantitative estimate of drug-likeness (QED) is 0.650. The van der Waals surface area contributed by atoms with Crippen molar-refractivity contribution in [2.75, 3.05) is 6.54 Å². The zero-order valence-electron chi connectivity index (χ0n) is 8.98. The Kier molecular flexibility index (Phi) is 4.57. The molecule has 17 heavy (non-hydrogen) atoms. The average molecular weight is 237 g/mol. The SMILES string of the molecule is N#Cc1ccc(F)cc1CNCC(O)C(N)=O. The molecule has 1 amide bonds. The second-order valence-electron chi connectivity index (χ2n) is 3.46. The van der Waals surface area contributed by atoms with Crippen molar-refractivity contribution < 1.29 is 14.3 Å². The minimum Gasteiger partial charge on any atom is -0.382 e. The number of hydrogen-bond acceptors (Lipinski definition) is 4. The van der Waals surface area contributed by atoms with Crippen molar-refractivity contribution in [3.05, 3.63) is 35.1 Å². The molecule has 0 saturated carbocycles. The van der Waals surface area contributed by atoms with Gasteiger partial charge in [0.1, 0.15) is 11.9 Å². The van der Waals surface area contributed by atoms with Crippen LogP contribution in [0.5, 0.6) is 0 Å². The molecule has 0 fully saturated rings. The highest BCUT2D eigenvalue weighted by molar-refractivity contribution is 5.78. The lowest BCUT2D eigenvalue weighted by molar-refractivity contribution is -0.125. The highest BCUT2D eigenvalue weighted by Crippen LogP contribution is 2.09. The molecule has 1 unspecified atom stereocenters. The van der Waals surface area contributed by atoms with Gasteiger partial charge in [-0.2, -0.15) is 5.26 Å². The highest BCUT2D eigenvalue weighted by Gasteiger charge is 2.10. The smallest absolute Gasteiger partial charge is 0.247 e. The normalized spacial score (nSPS) is 11.8. The lowest BCUT2D eigenvalue weighted by atomic mass is 10.1. The van der Waals surface area contributed by atoms with Crippen molar-refractivity contribution >= 4 is 5.91 Å². The minimum absolute atomic E-state index is 0.0449. The number of primary amides is 1. The van der Waals surface area contributed by atoms with E-state index in [2.05, 4.69) is 5.32 Å². The number of aliphatic hydroxyl groups is 1. The van der Waals surface area contributed by atoms with Crippen LogP contribution in [0.4, 0.5) is 4.39 Å². The topological polar surface area (TPSA) is 99.1 Å². The van der Waals surface area contributed by atoms with Crippen LogP contribution in [0, 0.1) is 17.1 Å². The van der Waals surface area contributed by atoms with Crippen LogP contribution in [0.25, 0.3) is 0 Å². The summed E-state index contributed by atoms with van der Waals surface area (Å²) in [5.41, 5.74) is 5.66. The minimum atomic E-state index is -1.30. The fourth-order valence-corrected chi connectivity index (χ4v) is 1.26. The monoisotopic (exact) mass is 237 g/mol. The number of nitriles is 1. The number of hydrogen-bond donors (Lipinski definition) is 3. The first-order valence-corrected chi connectivity index (χ1v) is 4.91. The van der Waals surface area contributed by atoms with Gasteiger partial charge in [0, 0.05) is 13.1 Å². The predicted molar refractivity (Wildman–Crippen MR) is 58.0 cm³/mol. The highest BCUT2D eigenvalue weighted by atomic mass is 19.1. The fourth-order valence-electron chi connectivity index (χ4n) is 1.26. The summed E-state index contributed by atoms with van der Waals surface area (Å²) in [4.78, 5) is 10.5. The second kappa shape index (κ2) is 5.94. The molecular weight excluding hydrogens is 225 g/mol. The van der Waals surface area contributed by atoms with Gasteiger partial charge in [-0.3, -0.25) is 4.79 Å². The molecule has 0 aliphatic rings. The zero-order valence-corrected chi connectivity index (χ0v) is 8.98. The molecule has 1 atom stereocenters. The van der Waals surface area contributed by atoms with Gasteiger partial charge in [0.05, 0.1) is 11.6 Å². The van der Waals surface area contributed by atoms with E-state index in [0.717, 1.165) is 0 Å².